The molecule has 5 heteroatoms. The Balaban J connectivity index is 1.66. The monoisotopic (exact) mass is 345 g/mol. The number of aromatic nitrogens is 1. The second-order valence-corrected chi connectivity index (χ2v) is 7.48. The van der Waals surface area contributed by atoms with Gasteiger partial charge in [-0.05, 0) is 31.1 Å². The minimum Gasteiger partial charge on any atom is -0.469 e. The van der Waals surface area contributed by atoms with Crippen LogP contribution in [0.3, 0.4) is 0 Å². The molecule has 0 spiro atoms. The molecule has 1 aromatic heterocycles. The van der Waals surface area contributed by atoms with Gasteiger partial charge in [-0.2, -0.15) is 0 Å². The number of hydrogen-bond acceptors (Lipinski definition) is 5. The van der Waals surface area contributed by atoms with Crippen molar-refractivity contribution in [2.24, 2.45) is 5.41 Å². The van der Waals surface area contributed by atoms with E-state index in [2.05, 4.69) is 17.1 Å². The molecule has 0 radical (unpaired) electrons. The second kappa shape index (κ2) is 7.90. The molecule has 128 valence electrons. The SMILES string of the molecule is COC(=O)CC1(CCc2cnc(-c3ccccc3)s2)CCOCC1. The van der Waals surface area contributed by atoms with E-state index >= 15 is 0 Å². The second-order valence-electron chi connectivity index (χ2n) is 6.36. The van der Waals surface area contributed by atoms with Crippen LogP contribution in [0.4, 0.5) is 0 Å². The van der Waals surface area contributed by atoms with Crippen LogP contribution in [0, 0.1) is 5.41 Å². The molecule has 24 heavy (non-hydrogen) atoms. The molecule has 1 fully saturated rings. The van der Waals surface area contributed by atoms with E-state index in [4.69, 9.17) is 9.47 Å². The predicted molar refractivity (Wildman–Crippen MR) is 95.0 cm³/mol. The van der Waals surface area contributed by atoms with Gasteiger partial charge in [-0.15, -0.1) is 11.3 Å². The molecule has 2 aromatic rings. The van der Waals surface area contributed by atoms with Crippen molar-refractivity contribution in [3.63, 3.8) is 0 Å². The molecule has 0 bridgehead atoms. The molecule has 1 saturated heterocycles. The smallest absolute Gasteiger partial charge is 0.306 e. The first-order valence-corrected chi connectivity index (χ1v) is 9.17. The highest BCUT2D eigenvalue weighted by atomic mass is 32.1. The lowest BCUT2D eigenvalue weighted by Crippen LogP contribution is -2.32. The first kappa shape index (κ1) is 17.1. The summed E-state index contributed by atoms with van der Waals surface area (Å²) in [4.78, 5) is 17.6. The molecule has 4 nitrogen and oxygen atoms in total. The van der Waals surface area contributed by atoms with Crippen molar-refractivity contribution in [2.75, 3.05) is 20.3 Å². The Bertz CT molecular complexity index is 662. The third-order valence-corrected chi connectivity index (χ3v) is 5.88. The normalized spacial score (nSPS) is 16.7. The van der Waals surface area contributed by atoms with Crippen LogP contribution in [0.1, 0.15) is 30.6 Å². The van der Waals surface area contributed by atoms with E-state index in [-0.39, 0.29) is 11.4 Å². The van der Waals surface area contributed by atoms with Crippen LogP contribution in [-0.2, 0) is 20.7 Å². The fraction of sp³-hybridized carbons (Fsp3) is 0.474. The molecule has 0 amide bonds. The summed E-state index contributed by atoms with van der Waals surface area (Å²) in [6.45, 7) is 1.46. The number of benzene rings is 1. The molecule has 1 aliphatic heterocycles. The predicted octanol–water partition coefficient (Wildman–Crippen LogP) is 4.10. The Morgan fingerprint density at radius 3 is 2.75 bits per heavy atom. The maximum atomic E-state index is 11.8. The Morgan fingerprint density at radius 1 is 1.29 bits per heavy atom. The summed E-state index contributed by atoms with van der Waals surface area (Å²) >= 11 is 1.74. The zero-order chi connectivity index (χ0) is 16.8. The number of rotatable bonds is 6. The lowest BCUT2D eigenvalue weighted by molar-refractivity contribution is -0.145. The zero-order valence-electron chi connectivity index (χ0n) is 14.0. The maximum Gasteiger partial charge on any atom is 0.306 e. The van der Waals surface area contributed by atoms with Gasteiger partial charge in [0.2, 0.25) is 0 Å². The van der Waals surface area contributed by atoms with E-state index in [1.54, 1.807) is 11.3 Å². The first-order valence-electron chi connectivity index (χ1n) is 8.35. The largest absolute Gasteiger partial charge is 0.469 e. The van der Waals surface area contributed by atoms with E-state index in [9.17, 15) is 4.79 Å². The van der Waals surface area contributed by atoms with Gasteiger partial charge < -0.3 is 9.47 Å². The molecule has 3 rings (SSSR count). The maximum absolute atomic E-state index is 11.8. The van der Waals surface area contributed by atoms with Gasteiger partial charge in [0.15, 0.2) is 0 Å². The topological polar surface area (TPSA) is 48.4 Å². The molecule has 0 aliphatic carbocycles. The highest BCUT2D eigenvalue weighted by Gasteiger charge is 2.35. The van der Waals surface area contributed by atoms with Crippen LogP contribution >= 0.6 is 11.3 Å². The number of aryl methyl sites for hydroxylation is 1. The number of carbonyl (C=O) groups is 1. The van der Waals surface area contributed by atoms with Crippen LogP contribution < -0.4 is 0 Å². The molecule has 1 aromatic carbocycles. The van der Waals surface area contributed by atoms with Gasteiger partial charge in [0, 0.05) is 29.9 Å². The minimum absolute atomic E-state index is 0.00223. The highest BCUT2D eigenvalue weighted by Crippen LogP contribution is 2.40. The lowest BCUT2D eigenvalue weighted by Gasteiger charge is -2.36. The Kier molecular flexibility index (Phi) is 5.63. The Labute approximate surface area is 146 Å². The van der Waals surface area contributed by atoms with E-state index in [0.29, 0.717) is 6.42 Å². The number of methoxy groups -OCH3 is 1. The minimum atomic E-state index is -0.119. The Morgan fingerprint density at radius 2 is 2.04 bits per heavy atom. The van der Waals surface area contributed by atoms with Gasteiger partial charge in [0.25, 0.3) is 0 Å². The van der Waals surface area contributed by atoms with E-state index in [0.717, 1.165) is 49.5 Å². The summed E-state index contributed by atoms with van der Waals surface area (Å²) in [5.41, 5.74) is 1.16. The van der Waals surface area contributed by atoms with Crippen molar-refractivity contribution in [1.29, 1.82) is 0 Å². The molecule has 0 saturated carbocycles. The molecule has 0 N–H and O–H groups in total. The van der Waals surface area contributed by atoms with Gasteiger partial charge >= 0.3 is 5.97 Å². The number of thiazole rings is 1. The van der Waals surface area contributed by atoms with Crippen LogP contribution in [0.5, 0.6) is 0 Å². The molecule has 0 unspecified atom stereocenters. The van der Waals surface area contributed by atoms with Crippen LogP contribution in [0.2, 0.25) is 0 Å². The van der Waals surface area contributed by atoms with Crippen molar-refractivity contribution < 1.29 is 14.3 Å². The van der Waals surface area contributed by atoms with Gasteiger partial charge in [-0.3, -0.25) is 4.79 Å². The van der Waals surface area contributed by atoms with Gasteiger partial charge in [0.1, 0.15) is 5.01 Å². The highest BCUT2D eigenvalue weighted by molar-refractivity contribution is 7.15. The summed E-state index contributed by atoms with van der Waals surface area (Å²) in [6.07, 6.45) is 6.22. The summed E-state index contributed by atoms with van der Waals surface area (Å²) in [5.74, 6) is -0.119. The molecular formula is C19H23NO3S. The lowest BCUT2D eigenvalue weighted by atomic mass is 9.73. The van der Waals surface area contributed by atoms with Crippen molar-refractivity contribution >= 4 is 17.3 Å². The number of hydrogen-bond donors (Lipinski definition) is 0. The van der Waals surface area contributed by atoms with E-state index in [1.165, 1.54) is 12.0 Å². The van der Waals surface area contributed by atoms with Gasteiger partial charge in [-0.1, -0.05) is 30.3 Å². The van der Waals surface area contributed by atoms with Gasteiger partial charge in [0.05, 0.1) is 13.5 Å². The summed E-state index contributed by atoms with van der Waals surface area (Å²) in [6, 6.07) is 10.2. The summed E-state index contributed by atoms with van der Waals surface area (Å²) < 4.78 is 10.4. The Hall–Kier alpha value is -1.72. The number of ether oxygens (including phenoxy) is 2. The molecular weight excluding hydrogens is 322 g/mol. The number of nitrogens with zero attached hydrogens (tertiary/aromatic N) is 1. The van der Waals surface area contributed by atoms with Crippen molar-refractivity contribution in [2.45, 2.75) is 32.1 Å². The average molecular weight is 345 g/mol. The van der Waals surface area contributed by atoms with Crippen LogP contribution in [0.25, 0.3) is 10.6 Å². The van der Waals surface area contributed by atoms with Crippen molar-refractivity contribution in [3.05, 3.63) is 41.4 Å². The average Bonchev–Trinajstić information content (AvgIpc) is 3.11. The standard InChI is InChI=1S/C19H23NO3S/c1-22-17(21)13-19(9-11-23-12-10-19)8-7-16-14-20-18(24-16)15-5-3-2-4-6-15/h2-6,14H,7-13H2,1H3. The van der Waals surface area contributed by atoms with E-state index < -0.39 is 0 Å². The van der Waals surface area contributed by atoms with Crippen molar-refractivity contribution in [3.8, 4) is 10.6 Å². The van der Waals surface area contributed by atoms with Crippen LogP contribution in [-0.4, -0.2) is 31.3 Å². The quantitative estimate of drug-likeness (QED) is 0.740. The van der Waals surface area contributed by atoms with Crippen LogP contribution in [0.15, 0.2) is 36.5 Å². The molecule has 2 heterocycles. The summed E-state index contributed by atoms with van der Waals surface area (Å²) in [7, 11) is 1.46. The van der Waals surface area contributed by atoms with E-state index in [1.807, 2.05) is 24.4 Å². The first-order chi connectivity index (χ1) is 11.7. The fourth-order valence-corrected chi connectivity index (χ4v) is 4.14. The molecule has 1 aliphatic rings. The third kappa shape index (κ3) is 4.22. The molecule has 0 atom stereocenters. The van der Waals surface area contributed by atoms with Gasteiger partial charge in [-0.25, -0.2) is 4.98 Å². The zero-order valence-corrected chi connectivity index (χ0v) is 14.8. The number of esters is 1. The fourth-order valence-electron chi connectivity index (χ4n) is 3.22. The third-order valence-electron chi connectivity index (χ3n) is 4.78. The number of carbonyl (C=O) groups excluding carboxylic acids is 1. The van der Waals surface area contributed by atoms with Crippen molar-refractivity contribution in [1.82, 2.24) is 4.98 Å². The summed E-state index contributed by atoms with van der Waals surface area (Å²) in [5, 5.41) is 1.06.